The topological polar surface area (TPSA) is 242 Å². The molecule has 17 heteroatoms. The zero-order valence-corrected chi connectivity index (χ0v) is 46.0. The Morgan fingerprint density at radius 3 is 2.22 bits per heavy atom. The lowest BCUT2D eigenvalue weighted by Gasteiger charge is -2.43. The van der Waals surface area contributed by atoms with Crippen LogP contribution in [-0.4, -0.2) is 156 Å². The van der Waals surface area contributed by atoms with E-state index in [2.05, 4.69) is 0 Å². The van der Waals surface area contributed by atoms with Crippen LogP contribution in [0, 0.1) is 40.9 Å². The third-order valence-corrected chi connectivity index (χ3v) is 16.2. The van der Waals surface area contributed by atoms with E-state index >= 15 is 0 Å². The first-order valence-electron chi connectivity index (χ1n) is 26.9. The summed E-state index contributed by atoms with van der Waals surface area (Å²) in [5, 5.41) is 43.3. The van der Waals surface area contributed by atoms with Crippen LogP contribution in [0.4, 0.5) is 0 Å². The van der Waals surface area contributed by atoms with Crippen molar-refractivity contribution < 1.29 is 77.6 Å². The Bertz CT molecular complexity index is 2030. The number of ketones is 3. The second-order valence-electron chi connectivity index (χ2n) is 22.0. The number of hydrogen-bond donors (Lipinski definition) is 4. The molecule has 0 spiro atoms. The van der Waals surface area contributed by atoms with Gasteiger partial charge in [-0.1, -0.05) is 71.1 Å². The number of carbonyl (C=O) groups excluding carboxylic acids is 6. The summed E-state index contributed by atoms with van der Waals surface area (Å²) in [5.41, 5.74) is -0.273. The molecular formula is C57H89NO16. The lowest BCUT2D eigenvalue weighted by molar-refractivity contribution is -0.269. The number of allylic oxidation sites excluding steroid dienone is 6. The van der Waals surface area contributed by atoms with Crippen molar-refractivity contribution in [2.24, 2.45) is 40.9 Å². The number of cyclic esters (lactones) is 1. The van der Waals surface area contributed by atoms with Gasteiger partial charge >= 0.3 is 11.9 Å². The summed E-state index contributed by atoms with van der Waals surface area (Å²) in [7, 11) is 4.44. The third-order valence-electron chi connectivity index (χ3n) is 16.2. The molecule has 418 valence electrons. The van der Waals surface area contributed by atoms with Gasteiger partial charge in [-0.2, -0.15) is 0 Å². The highest BCUT2D eigenvalue weighted by atomic mass is 16.6. The standard InChI is InChI=1S/C57H89NO16/c1-12-41-22-23-42-30-46(69-9)35(3)19-15-13-14-18-34(2)26-38(6)49(62)51(71-11)50(63)39(7)27-36(4)44(61)31-47(72-54(66)43-20-16-17-25-58(43)53(65)52(64)57(41,68)74-42)37(5)28-40-21-24-45(48(29-40)70-10)73-55(67)56(8,32-59)33-60/h13-15,18-19,27,34,36-38,40-43,45-48,50-51,59-60,63,68H,12,16-17,20-26,28-33H2,1-11H3/b15-13+,18-14+,35-19+,39-27+/t34-,36-,37-,38-,40+,41-,42+,43+,45-,46+,47+,48-,50-,51+,57-/m1/s1. The molecule has 17 nitrogen and oxygen atoms in total. The van der Waals surface area contributed by atoms with Crippen LogP contribution in [0.25, 0.3) is 0 Å². The highest BCUT2D eigenvalue weighted by molar-refractivity contribution is 6.39. The van der Waals surface area contributed by atoms with Crippen molar-refractivity contribution in [2.45, 2.75) is 193 Å². The van der Waals surface area contributed by atoms with Crippen LogP contribution in [0.3, 0.4) is 0 Å². The smallest absolute Gasteiger partial charge is 0.329 e. The molecular weight excluding hydrogens is 955 g/mol. The molecule has 0 aromatic carbocycles. The van der Waals surface area contributed by atoms with Crippen molar-refractivity contribution in [1.82, 2.24) is 4.90 Å². The van der Waals surface area contributed by atoms with Gasteiger partial charge in [0.15, 0.2) is 5.78 Å². The molecule has 3 aliphatic heterocycles. The largest absolute Gasteiger partial charge is 0.460 e. The van der Waals surface area contributed by atoms with E-state index in [1.807, 2.05) is 58.1 Å². The fourth-order valence-electron chi connectivity index (χ4n) is 11.1. The minimum absolute atomic E-state index is 0.00738. The maximum atomic E-state index is 14.6. The summed E-state index contributed by atoms with van der Waals surface area (Å²) in [4.78, 5) is 85.8. The van der Waals surface area contributed by atoms with Crippen molar-refractivity contribution in [1.29, 1.82) is 0 Å². The number of ether oxygens (including phenoxy) is 6. The molecule has 3 fully saturated rings. The first kappa shape index (κ1) is 62.6. The lowest BCUT2D eigenvalue weighted by Crippen LogP contribution is -2.61. The predicted octanol–water partition coefficient (Wildman–Crippen LogP) is 6.11. The van der Waals surface area contributed by atoms with E-state index in [1.54, 1.807) is 34.0 Å². The van der Waals surface area contributed by atoms with Crippen LogP contribution in [-0.2, 0) is 57.2 Å². The molecule has 1 aliphatic carbocycles. The van der Waals surface area contributed by atoms with E-state index in [9.17, 15) is 49.2 Å². The number of rotatable bonds is 11. The number of piperidine rings is 1. The van der Waals surface area contributed by atoms with Gasteiger partial charge in [-0.05, 0) is 120 Å². The first-order chi connectivity index (χ1) is 35.0. The number of Topliss-reactive ketones (excluding diaryl/α,β-unsaturated/α-hetero) is 3. The number of nitrogens with zero attached hydrogens (tertiary/aromatic N) is 1. The van der Waals surface area contributed by atoms with Crippen LogP contribution in [0.15, 0.2) is 47.6 Å². The van der Waals surface area contributed by atoms with E-state index < -0.39 is 120 Å². The van der Waals surface area contributed by atoms with Crippen molar-refractivity contribution in [3.63, 3.8) is 0 Å². The highest BCUT2D eigenvalue weighted by Crippen LogP contribution is 2.40. The minimum atomic E-state index is -2.46. The Morgan fingerprint density at radius 1 is 0.878 bits per heavy atom. The Labute approximate surface area is 439 Å². The van der Waals surface area contributed by atoms with E-state index in [0.29, 0.717) is 76.2 Å². The van der Waals surface area contributed by atoms with Crippen molar-refractivity contribution >= 4 is 35.2 Å². The van der Waals surface area contributed by atoms with Crippen LogP contribution in [0.2, 0.25) is 0 Å². The van der Waals surface area contributed by atoms with Gasteiger partial charge < -0.3 is 53.7 Å². The third kappa shape index (κ3) is 16.1. The van der Waals surface area contributed by atoms with Crippen molar-refractivity contribution in [3.05, 3.63) is 47.6 Å². The number of fused-ring (bicyclic) bond motifs is 3. The lowest BCUT2D eigenvalue weighted by atomic mass is 9.78. The normalized spacial score (nSPS) is 37.1. The quantitative estimate of drug-likeness (QED) is 0.104. The maximum Gasteiger partial charge on any atom is 0.329 e. The molecule has 4 rings (SSSR count). The van der Waals surface area contributed by atoms with Gasteiger partial charge in [-0.15, -0.1) is 0 Å². The summed E-state index contributed by atoms with van der Waals surface area (Å²) < 4.78 is 35.6. The van der Waals surface area contributed by atoms with Gasteiger partial charge in [0.1, 0.15) is 41.7 Å². The van der Waals surface area contributed by atoms with Gasteiger partial charge in [-0.3, -0.25) is 24.0 Å². The summed E-state index contributed by atoms with van der Waals surface area (Å²) in [6.07, 6.45) is 10.2. The summed E-state index contributed by atoms with van der Waals surface area (Å²) in [6, 6.07) is -1.20. The van der Waals surface area contributed by atoms with Gasteiger partial charge in [0, 0.05) is 58.5 Å². The monoisotopic (exact) mass is 1040 g/mol. The van der Waals surface area contributed by atoms with Crippen LogP contribution in [0.5, 0.6) is 0 Å². The molecule has 0 aromatic heterocycles. The Hall–Kier alpha value is -3.94. The highest BCUT2D eigenvalue weighted by Gasteiger charge is 2.54. The van der Waals surface area contributed by atoms with E-state index in [0.717, 1.165) is 5.57 Å². The minimum Gasteiger partial charge on any atom is -0.460 e. The predicted molar refractivity (Wildman–Crippen MR) is 276 cm³/mol. The van der Waals surface area contributed by atoms with Crippen molar-refractivity contribution in [2.75, 3.05) is 41.1 Å². The number of methoxy groups -OCH3 is 3. The number of aliphatic hydroxyl groups excluding tert-OH is 3. The zero-order valence-electron chi connectivity index (χ0n) is 46.0. The first-order valence-corrected chi connectivity index (χ1v) is 26.9. The maximum absolute atomic E-state index is 14.6. The van der Waals surface area contributed by atoms with E-state index in [4.69, 9.17) is 28.4 Å². The number of esters is 2. The molecule has 4 N–H and O–H groups in total. The molecule has 15 atom stereocenters. The number of carbonyl (C=O) groups is 6. The molecule has 2 saturated heterocycles. The number of hydrogen-bond acceptors (Lipinski definition) is 16. The molecule has 1 saturated carbocycles. The summed E-state index contributed by atoms with van der Waals surface area (Å²) in [5.74, 6) is -9.27. The van der Waals surface area contributed by atoms with Gasteiger partial charge in [0.25, 0.3) is 11.7 Å². The van der Waals surface area contributed by atoms with Gasteiger partial charge in [0.2, 0.25) is 5.79 Å². The van der Waals surface area contributed by atoms with Crippen LogP contribution < -0.4 is 0 Å². The zero-order chi connectivity index (χ0) is 55.1. The molecule has 1 amide bonds. The SMILES string of the molecule is CC[C@@H]1CC[C@H]2C[C@H](OC)/C(C)=C/C=C/C=C/[C@@H](C)C[C@@H](C)C(=O)[C@H](OC)[C@H](O)/C(C)=C/[C@@H](C)C(=O)C[C@@H]([C@H](C)C[C@@H]3CC[C@@H](OC(=O)C(C)(CO)CO)[C@H](OC)C3)OC(=O)[C@@H]3CCCCN3C(=O)C(=O)[C@]1(O)O2. The Balaban J connectivity index is 1.71. The van der Waals surface area contributed by atoms with Crippen molar-refractivity contribution in [3.8, 4) is 0 Å². The fourth-order valence-corrected chi connectivity index (χ4v) is 11.1. The van der Waals surface area contributed by atoms with Crippen LogP contribution in [0.1, 0.15) is 139 Å². The molecule has 2 bridgehead atoms. The Kier molecular flexibility index (Phi) is 24.5. The van der Waals surface area contributed by atoms with Crippen LogP contribution >= 0.6 is 0 Å². The molecule has 3 heterocycles. The van der Waals surface area contributed by atoms with Gasteiger partial charge in [0.05, 0.1) is 31.5 Å². The average molecular weight is 1040 g/mol. The molecule has 74 heavy (non-hydrogen) atoms. The Morgan fingerprint density at radius 2 is 1.58 bits per heavy atom. The number of amides is 1. The average Bonchev–Trinajstić information content (AvgIpc) is 3.38. The summed E-state index contributed by atoms with van der Waals surface area (Å²) in [6.45, 7) is 12.9. The molecule has 4 aliphatic rings. The molecule has 0 aromatic rings. The molecule has 0 unspecified atom stereocenters. The van der Waals surface area contributed by atoms with E-state index in [1.165, 1.54) is 26.0 Å². The van der Waals surface area contributed by atoms with Gasteiger partial charge in [-0.25, -0.2) is 4.79 Å². The molecule has 0 radical (unpaired) electrons. The number of aliphatic hydroxyl groups is 4. The second-order valence-corrected chi connectivity index (χ2v) is 22.0. The second kappa shape index (κ2) is 29.0. The summed E-state index contributed by atoms with van der Waals surface area (Å²) >= 11 is 0. The van der Waals surface area contributed by atoms with E-state index in [-0.39, 0.29) is 42.8 Å². The fraction of sp³-hybridized carbons (Fsp3) is 0.754.